The molecule has 0 radical (unpaired) electrons. The predicted molar refractivity (Wildman–Crippen MR) is 134 cm³/mol. The average molecular weight is 497 g/mol. The van der Waals surface area contributed by atoms with Crippen molar-refractivity contribution in [2.24, 2.45) is 5.92 Å². The largest absolute Gasteiger partial charge is 0.487 e. The summed E-state index contributed by atoms with van der Waals surface area (Å²) < 4.78 is 35.2. The van der Waals surface area contributed by atoms with E-state index in [1.54, 1.807) is 49.9 Å². The Balaban J connectivity index is 1.72. The summed E-state index contributed by atoms with van der Waals surface area (Å²) >= 11 is 0. The second-order valence-corrected chi connectivity index (χ2v) is 11.1. The van der Waals surface area contributed by atoms with Crippen molar-refractivity contribution >= 4 is 10.0 Å². The van der Waals surface area contributed by atoms with Gasteiger partial charge in [0.1, 0.15) is 16.7 Å². The third-order valence-electron chi connectivity index (χ3n) is 6.36. The highest BCUT2D eigenvalue weighted by Gasteiger charge is 2.38. The van der Waals surface area contributed by atoms with E-state index in [1.807, 2.05) is 38.2 Å². The molecule has 1 aromatic carbocycles. The van der Waals surface area contributed by atoms with Crippen molar-refractivity contribution in [2.75, 3.05) is 26.7 Å². The molecule has 3 aromatic rings. The summed E-state index contributed by atoms with van der Waals surface area (Å²) in [7, 11) is -1.85. The van der Waals surface area contributed by atoms with E-state index in [0.29, 0.717) is 18.8 Å². The fourth-order valence-electron chi connectivity index (χ4n) is 4.33. The molecular formula is C26H32N4O4S. The first kappa shape index (κ1) is 25.2. The Bertz CT molecular complexity index is 1220. The lowest BCUT2D eigenvalue weighted by Gasteiger charge is -2.37. The predicted octanol–water partition coefficient (Wildman–Crippen LogP) is 3.04. The number of aromatic nitrogens is 2. The second-order valence-electron chi connectivity index (χ2n) is 9.20. The molecule has 35 heavy (non-hydrogen) atoms. The van der Waals surface area contributed by atoms with Gasteiger partial charge in [0.2, 0.25) is 10.0 Å². The Morgan fingerprint density at radius 2 is 1.91 bits per heavy atom. The lowest BCUT2D eigenvalue weighted by atomic mass is 10.0. The lowest BCUT2D eigenvalue weighted by molar-refractivity contribution is 0.0734. The molecule has 0 bridgehead atoms. The number of hydrogen-bond acceptors (Lipinski definition) is 7. The second kappa shape index (κ2) is 10.8. The van der Waals surface area contributed by atoms with Crippen LogP contribution in [0, 0.1) is 5.92 Å². The van der Waals surface area contributed by atoms with Crippen LogP contribution in [0.15, 0.2) is 72.1 Å². The minimum Gasteiger partial charge on any atom is -0.487 e. The van der Waals surface area contributed by atoms with Gasteiger partial charge in [0, 0.05) is 61.9 Å². The van der Waals surface area contributed by atoms with Gasteiger partial charge in [-0.05, 0) is 55.4 Å². The molecule has 0 saturated heterocycles. The zero-order valence-corrected chi connectivity index (χ0v) is 21.1. The SMILES string of the molecule is C[C@@H]1CN([C@H](C)CO)S(=O)(=O)c2ccc(-c3cccnc3)cc2O[C@@H]1CN(C)Cc1ccncc1. The molecule has 2 aromatic heterocycles. The van der Waals surface area contributed by atoms with Crippen LogP contribution < -0.4 is 4.74 Å². The number of sulfonamides is 1. The van der Waals surface area contributed by atoms with Crippen molar-refractivity contribution in [1.29, 1.82) is 0 Å². The molecule has 0 amide bonds. The fourth-order valence-corrected chi connectivity index (χ4v) is 6.15. The molecule has 0 saturated carbocycles. The number of fused-ring (bicyclic) bond motifs is 1. The summed E-state index contributed by atoms with van der Waals surface area (Å²) in [5.41, 5.74) is 2.84. The van der Waals surface area contributed by atoms with Gasteiger partial charge in [-0.1, -0.05) is 19.1 Å². The van der Waals surface area contributed by atoms with E-state index in [4.69, 9.17) is 4.74 Å². The van der Waals surface area contributed by atoms with Crippen molar-refractivity contribution in [1.82, 2.24) is 19.2 Å². The number of nitrogens with zero attached hydrogens (tertiary/aromatic N) is 4. The highest BCUT2D eigenvalue weighted by molar-refractivity contribution is 7.89. The van der Waals surface area contributed by atoms with Crippen molar-refractivity contribution < 1.29 is 18.3 Å². The standard InChI is InChI=1S/C26H32N4O4S/c1-19-15-30(20(2)18-31)35(32,33)26-7-6-22(23-5-4-10-28-14-23)13-24(26)34-25(19)17-29(3)16-21-8-11-27-12-9-21/h4-14,19-20,25,31H,15-18H2,1-3H3/t19-,20-,25-/m1/s1. The third kappa shape index (κ3) is 5.70. The molecule has 0 unspecified atom stereocenters. The average Bonchev–Trinajstić information content (AvgIpc) is 2.86. The number of aliphatic hydroxyl groups is 1. The maximum absolute atomic E-state index is 13.6. The smallest absolute Gasteiger partial charge is 0.247 e. The van der Waals surface area contributed by atoms with Crippen LogP contribution in [0.5, 0.6) is 5.75 Å². The molecular weight excluding hydrogens is 464 g/mol. The minimum absolute atomic E-state index is 0.110. The van der Waals surface area contributed by atoms with Gasteiger partial charge in [0.05, 0.1) is 6.61 Å². The number of ether oxygens (including phenoxy) is 1. The summed E-state index contributed by atoms with van der Waals surface area (Å²) in [5, 5.41) is 9.83. The summed E-state index contributed by atoms with van der Waals surface area (Å²) in [6.45, 7) is 5.02. The molecule has 1 N–H and O–H groups in total. The van der Waals surface area contributed by atoms with Gasteiger partial charge < -0.3 is 9.84 Å². The normalized spacial score (nSPS) is 20.9. The summed E-state index contributed by atoms with van der Waals surface area (Å²) in [6, 6.07) is 12.3. The monoisotopic (exact) mass is 496 g/mol. The van der Waals surface area contributed by atoms with Crippen molar-refractivity contribution in [3.63, 3.8) is 0 Å². The fraction of sp³-hybridized carbons (Fsp3) is 0.385. The highest BCUT2D eigenvalue weighted by Crippen LogP contribution is 2.36. The highest BCUT2D eigenvalue weighted by atomic mass is 32.2. The van der Waals surface area contributed by atoms with Crippen molar-refractivity contribution in [2.45, 2.75) is 37.4 Å². The minimum atomic E-state index is -3.87. The third-order valence-corrected chi connectivity index (χ3v) is 8.37. The topological polar surface area (TPSA) is 95.9 Å². The van der Waals surface area contributed by atoms with Crippen LogP contribution in [0.1, 0.15) is 19.4 Å². The molecule has 0 spiro atoms. The number of aliphatic hydroxyl groups excluding tert-OH is 1. The van der Waals surface area contributed by atoms with Gasteiger partial charge in [-0.2, -0.15) is 4.31 Å². The molecule has 9 heteroatoms. The molecule has 0 aliphatic carbocycles. The van der Waals surface area contributed by atoms with Crippen LogP contribution in [0.25, 0.3) is 11.1 Å². The van der Waals surface area contributed by atoms with Crippen LogP contribution in [-0.2, 0) is 16.6 Å². The van der Waals surface area contributed by atoms with E-state index in [0.717, 1.165) is 16.7 Å². The van der Waals surface area contributed by atoms with Gasteiger partial charge in [0.15, 0.2) is 0 Å². The van der Waals surface area contributed by atoms with Crippen molar-refractivity contribution in [3.05, 3.63) is 72.8 Å². The first-order valence-electron chi connectivity index (χ1n) is 11.7. The van der Waals surface area contributed by atoms with Gasteiger partial charge in [-0.15, -0.1) is 0 Å². The van der Waals surface area contributed by atoms with E-state index >= 15 is 0 Å². The zero-order valence-electron chi connectivity index (χ0n) is 20.3. The Hall–Kier alpha value is -2.85. The summed E-state index contributed by atoms with van der Waals surface area (Å²) in [6.07, 6.45) is 6.71. The number of hydrogen-bond donors (Lipinski definition) is 1. The number of pyridine rings is 2. The van der Waals surface area contributed by atoms with Gasteiger partial charge in [-0.3, -0.25) is 14.9 Å². The van der Waals surface area contributed by atoms with Crippen LogP contribution in [0.2, 0.25) is 0 Å². The molecule has 3 atom stereocenters. The van der Waals surface area contributed by atoms with Crippen LogP contribution in [0.3, 0.4) is 0 Å². The lowest BCUT2D eigenvalue weighted by Crippen LogP contribution is -2.49. The van der Waals surface area contributed by atoms with E-state index in [-0.39, 0.29) is 30.1 Å². The molecule has 186 valence electrons. The Morgan fingerprint density at radius 3 is 2.60 bits per heavy atom. The molecule has 4 rings (SSSR count). The van der Waals surface area contributed by atoms with E-state index in [1.165, 1.54) is 4.31 Å². The van der Waals surface area contributed by atoms with Crippen molar-refractivity contribution in [3.8, 4) is 16.9 Å². The maximum Gasteiger partial charge on any atom is 0.247 e. The number of rotatable bonds is 7. The number of likely N-dealkylation sites (N-methyl/N-ethyl adjacent to an activating group) is 1. The first-order chi connectivity index (χ1) is 16.8. The molecule has 1 aliphatic heterocycles. The van der Waals surface area contributed by atoms with Crippen LogP contribution >= 0.6 is 0 Å². The Kier molecular flexibility index (Phi) is 7.81. The zero-order chi connectivity index (χ0) is 25.0. The summed E-state index contributed by atoms with van der Waals surface area (Å²) in [5.74, 6) is 0.198. The molecule has 1 aliphatic rings. The van der Waals surface area contributed by atoms with Gasteiger partial charge in [-0.25, -0.2) is 8.42 Å². The molecule has 8 nitrogen and oxygen atoms in total. The van der Waals surface area contributed by atoms with E-state index in [9.17, 15) is 13.5 Å². The van der Waals surface area contributed by atoms with Gasteiger partial charge >= 0.3 is 0 Å². The quantitative estimate of drug-likeness (QED) is 0.537. The Labute approximate surface area is 207 Å². The van der Waals surface area contributed by atoms with Gasteiger partial charge in [0.25, 0.3) is 0 Å². The number of benzene rings is 1. The molecule has 0 fully saturated rings. The van der Waals surface area contributed by atoms with E-state index in [2.05, 4.69) is 14.9 Å². The first-order valence-corrected chi connectivity index (χ1v) is 13.1. The maximum atomic E-state index is 13.6. The van der Waals surface area contributed by atoms with Crippen LogP contribution in [-0.4, -0.2) is 71.6 Å². The van der Waals surface area contributed by atoms with E-state index < -0.39 is 16.1 Å². The summed E-state index contributed by atoms with van der Waals surface area (Å²) in [4.78, 5) is 10.5. The Morgan fingerprint density at radius 1 is 1.14 bits per heavy atom. The molecule has 3 heterocycles. The van der Waals surface area contributed by atoms with Crippen LogP contribution in [0.4, 0.5) is 0 Å².